The molecule has 1 aromatic rings. The van der Waals surface area contributed by atoms with Crippen molar-refractivity contribution < 1.29 is 9.84 Å². The van der Waals surface area contributed by atoms with Crippen molar-refractivity contribution in [3.05, 3.63) is 23.9 Å². The smallest absolute Gasteiger partial charge is 0.213 e. The van der Waals surface area contributed by atoms with E-state index in [0.717, 1.165) is 37.8 Å². The Morgan fingerprint density at radius 3 is 2.46 bits per heavy atom. The quantitative estimate of drug-likeness (QED) is 0.258. The Kier molecular flexibility index (Phi) is 13.4. The predicted octanol–water partition coefficient (Wildman–Crippen LogP) is 3.48. The van der Waals surface area contributed by atoms with E-state index in [1.54, 1.807) is 6.20 Å². The summed E-state index contributed by atoms with van der Waals surface area (Å²) in [5.41, 5.74) is 0.353. The third-order valence-corrected chi connectivity index (χ3v) is 3.87. The van der Waals surface area contributed by atoms with Crippen molar-refractivity contribution in [3.8, 4) is 5.88 Å². The summed E-state index contributed by atoms with van der Waals surface area (Å²) in [5, 5.41) is 17.3. The standard InChI is InChI=1S/C19H34N4O2.HI/c1-5-10-19(24,11-6-2)15-23-18(20-7-3)22-14-16-9-12-21-17(13-16)25-8-4;/h9,12-13,24H,5-8,10-11,14-15H2,1-4H3,(H2,20,22,23);1H. The molecule has 0 saturated heterocycles. The number of hydrogen-bond donors (Lipinski definition) is 3. The zero-order valence-electron chi connectivity index (χ0n) is 16.5. The SMILES string of the molecule is CCCC(O)(CCC)CNC(=NCc1ccnc(OCC)c1)NCC.I. The lowest BCUT2D eigenvalue weighted by Crippen LogP contribution is -2.47. The molecule has 1 heterocycles. The van der Waals surface area contributed by atoms with Crippen LogP contribution < -0.4 is 15.4 Å². The number of aliphatic imine (C=N–C) groups is 1. The summed E-state index contributed by atoms with van der Waals surface area (Å²) in [6, 6.07) is 3.83. The topological polar surface area (TPSA) is 78.8 Å². The molecule has 0 aliphatic rings. The third kappa shape index (κ3) is 9.56. The Hall–Kier alpha value is -1.09. The maximum Gasteiger partial charge on any atom is 0.213 e. The average molecular weight is 478 g/mol. The lowest BCUT2D eigenvalue weighted by molar-refractivity contribution is 0.0257. The molecule has 0 aromatic carbocycles. The molecule has 26 heavy (non-hydrogen) atoms. The molecule has 1 rings (SSSR count). The Bertz CT molecular complexity index is 520. The average Bonchev–Trinajstić information content (AvgIpc) is 2.58. The van der Waals surface area contributed by atoms with Crippen molar-refractivity contribution in [1.29, 1.82) is 0 Å². The third-order valence-electron chi connectivity index (χ3n) is 3.87. The first kappa shape index (κ1) is 24.9. The molecule has 0 unspecified atom stereocenters. The largest absolute Gasteiger partial charge is 0.478 e. The maximum absolute atomic E-state index is 10.7. The predicted molar refractivity (Wildman–Crippen MR) is 118 cm³/mol. The molecular formula is C19H35IN4O2. The Morgan fingerprint density at radius 2 is 1.88 bits per heavy atom. The second-order valence-corrected chi connectivity index (χ2v) is 6.21. The zero-order chi connectivity index (χ0) is 18.5. The van der Waals surface area contributed by atoms with E-state index in [4.69, 9.17) is 4.74 Å². The number of hydrogen-bond acceptors (Lipinski definition) is 4. The van der Waals surface area contributed by atoms with Gasteiger partial charge in [-0.1, -0.05) is 26.7 Å². The molecule has 0 fully saturated rings. The van der Waals surface area contributed by atoms with Gasteiger partial charge in [-0.15, -0.1) is 24.0 Å². The fraction of sp³-hybridized carbons (Fsp3) is 0.684. The van der Waals surface area contributed by atoms with Gasteiger partial charge >= 0.3 is 0 Å². The number of rotatable bonds is 11. The van der Waals surface area contributed by atoms with Gasteiger partial charge in [-0.25, -0.2) is 9.98 Å². The number of halogens is 1. The van der Waals surface area contributed by atoms with E-state index in [9.17, 15) is 5.11 Å². The molecule has 0 spiro atoms. The minimum atomic E-state index is -0.682. The minimum absolute atomic E-state index is 0. The van der Waals surface area contributed by atoms with Crippen LogP contribution in [-0.2, 0) is 6.54 Å². The number of nitrogens with zero attached hydrogens (tertiary/aromatic N) is 2. The van der Waals surface area contributed by atoms with Gasteiger partial charge < -0.3 is 20.5 Å². The number of nitrogens with one attached hydrogen (secondary N) is 2. The normalized spacial score (nSPS) is 11.7. The summed E-state index contributed by atoms with van der Waals surface area (Å²) < 4.78 is 5.42. The molecule has 6 nitrogen and oxygen atoms in total. The highest BCUT2D eigenvalue weighted by molar-refractivity contribution is 14.0. The summed E-state index contributed by atoms with van der Waals surface area (Å²) >= 11 is 0. The lowest BCUT2D eigenvalue weighted by atomic mass is 9.93. The van der Waals surface area contributed by atoms with Gasteiger partial charge in [-0.3, -0.25) is 0 Å². The van der Waals surface area contributed by atoms with E-state index in [0.29, 0.717) is 31.5 Å². The molecule has 0 atom stereocenters. The molecule has 0 bridgehead atoms. The molecule has 0 amide bonds. The maximum atomic E-state index is 10.7. The number of aromatic nitrogens is 1. The summed E-state index contributed by atoms with van der Waals surface area (Å²) in [4.78, 5) is 8.78. The molecule has 3 N–H and O–H groups in total. The van der Waals surface area contributed by atoms with Crippen LogP contribution in [0, 0.1) is 0 Å². The van der Waals surface area contributed by atoms with E-state index >= 15 is 0 Å². The van der Waals surface area contributed by atoms with Gasteiger partial charge in [0.25, 0.3) is 0 Å². The van der Waals surface area contributed by atoms with Gasteiger partial charge in [0.2, 0.25) is 5.88 Å². The summed E-state index contributed by atoms with van der Waals surface area (Å²) in [6.45, 7) is 10.6. The van der Waals surface area contributed by atoms with Crippen LogP contribution in [0.5, 0.6) is 5.88 Å². The van der Waals surface area contributed by atoms with Gasteiger partial charge in [0.05, 0.1) is 18.8 Å². The van der Waals surface area contributed by atoms with Crippen molar-refractivity contribution in [3.63, 3.8) is 0 Å². The van der Waals surface area contributed by atoms with Crippen LogP contribution in [0.3, 0.4) is 0 Å². The van der Waals surface area contributed by atoms with Crippen LogP contribution in [0.4, 0.5) is 0 Å². The number of ether oxygens (including phenoxy) is 1. The number of aliphatic hydroxyl groups is 1. The van der Waals surface area contributed by atoms with Crippen LogP contribution in [0.1, 0.15) is 58.9 Å². The Balaban J connectivity index is 0.00000625. The van der Waals surface area contributed by atoms with E-state index < -0.39 is 5.60 Å². The second kappa shape index (κ2) is 14.0. The monoisotopic (exact) mass is 478 g/mol. The summed E-state index contributed by atoms with van der Waals surface area (Å²) in [6.07, 6.45) is 5.23. The van der Waals surface area contributed by atoms with Crippen molar-refractivity contribution in [2.75, 3.05) is 19.7 Å². The minimum Gasteiger partial charge on any atom is -0.478 e. The van der Waals surface area contributed by atoms with Crippen LogP contribution in [0.2, 0.25) is 0 Å². The van der Waals surface area contributed by atoms with E-state index in [2.05, 4.69) is 34.5 Å². The van der Waals surface area contributed by atoms with Gasteiger partial charge in [0.1, 0.15) is 0 Å². The van der Waals surface area contributed by atoms with E-state index in [-0.39, 0.29) is 24.0 Å². The van der Waals surface area contributed by atoms with Crippen LogP contribution >= 0.6 is 24.0 Å². The first-order valence-corrected chi connectivity index (χ1v) is 9.39. The first-order chi connectivity index (χ1) is 12.1. The summed E-state index contributed by atoms with van der Waals surface area (Å²) in [7, 11) is 0. The Labute approximate surface area is 175 Å². The van der Waals surface area contributed by atoms with Gasteiger partial charge in [-0.05, 0) is 38.3 Å². The molecule has 1 aromatic heterocycles. The molecule has 150 valence electrons. The molecule has 0 aliphatic carbocycles. The van der Waals surface area contributed by atoms with Crippen LogP contribution in [0.15, 0.2) is 23.3 Å². The van der Waals surface area contributed by atoms with Gasteiger partial charge in [0, 0.05) is 25.4 Å². The molecular weight excluding hydrogens is 443 g/mol. The molecule has 0 saturated carbocycles. The molecule has 7 heteroatoms. The highest BCUT2D eigenvalue weighted by Gasteiger charge is 2.24. The van der Waals surface area contributed by atoms with Crippen molar-refractivity contribution in [1.82, 2.24) is 15.6 Å². The first-order valence-electron chi connectivity index (χ1n) is 9.39. The Morgan fingerprint density at radius 1 is 1.19 bits per heavy atom. The fourth-order valence-electron chi connectivity index (χ4n) is 2.77. The van der Waals surface area contributed by atoms with E-state index in [1.165, 1.54) is 0 Å². The molecule has 0 radical (unpaired) electrons. The van der Waals surface area contributed by atoms with Crippen LogP contribution in [-0.4, -0.2) is 41.3 Å². The molecule has 0 aliphatic heterocycles. The van der Waals surface area contributed by atoms with Crippen molar-refractivity contribution in [2.45, 2.75) is 65.5 Å². The van der Waals surface area contributed by atoms with Crippen LogP contribution in [0.25, 0.3) is 0 Å². The zero-order valence-corrected chi connectivity index (χ0v) is 18.9. The lowest BCUT2D eigenvalue weighted by Gasteiger charge is -2.28. The van der Waals surface area contributed by atoms with E-state index in [1.807, 2.05) is 26.0 Å². The highest BCUT2D eigenvalue weighted by Crippen LogP contribution is 2.18. The van der Waals surface area contributed by atoms with Crippen molar-refractivity contribution in [2.24, 2.45) is 4.99 Å². The highest BCUT2D eigenvalue weighted by atomic mass is 127. The second-order valence-electron chi connectivity index (χ2n) is 6.21. The van der Waals surface area contributed by atoms with Gasteiger partial charge in [-0.2, -0.15) is 0 Å². The fourth-order valence-corrected chi connectivity index (χ4v) is 2.77. The summed E-state index contributed by atoms with van der Waals surface area (Å²) in [5.74, 6) is 1.33. The van der Waals surface area contributed by atoms with Crippen molar-refractivity contribution >= 4 is 29.9 Å². The number of pyridine rings is 1. The van der Waals surface area contributed by atoms with Gasteiger partial charge in [0.15, 0.2) is 5.96 Å². The number of guanidine groups is 1.